The first-order valence-electron chi connectivity index (χ1n) is 6.28. The molecule has 1 N–H and O–H groups in total. The highest BCUT2D eigenvalue weighted by molar-refractivity contribution is 8.00. The van der Waals surface area contributed by atoms with E-state index in [1.807, 2.05) is 30.3 Å². The van der Waals surface area contributed by atoms with Crippen LogP contribution in [0.5, 0.6) is 0 Å². The van der Waals surface area contributed by atoms with E-state index in [0.717, 1.165) is 4.90 Å². The van der Waals surface area contributed by atoms with Crippen molar-refractivity contribution in [3.05, 3.63) is 65.2 Å². The number of carbonyl (C=O) groups is 1. The van der Waals surface area contributed by atoms with Gasteiger partial charge in [-0.15, -0.1) is 11.8 Å². The van der Waals surface area contributed by atoms with Crippen molar-refractivity contribution in [2.24, 2.45) is 0 Å². The van der Waals surface area contributed by atoms with E-state index in [4.69, 9.17) is 11.6 Å². The SMILES string of the molecule is O=C(CSc1ccccc1)C[C@@H](O)c1ccc(Cl)cc1. The molecule has 0 amide bonds. The van der Waals surface area contributed by atoms with Crippen LogP contribution in [0.25, 0.3) is 0 Å². The van der Waals surface area contributed by atoms with Crippen LogP contribution in [0.4, 0.5) is 0 Å². The molecule has 0 saturated carbocycles. The van der Waals surface area contributed by atoms with Crippen molar-refractivity contribution in [1.82, 2.24) is 0 Å². The lowest BCUT2D eigenvalue weighted by atomic mass is 10.1. The highest BCUT2D eigenvalue weighted by Crippen LogP contribution is 2.22. The summed E-state index contributed by atoms with van der Waals surface area (Å²) in [6.07, 6.45) is -0.641. The first-order valence-corrected chi connectivity index (χ1v) is 7.64. The molecule has 0 heterocycles. The summed E-state index contributed by atoms with van der Waals surface area (Å²) >= 11 is 7.27. The Kier molecular flexibility index (Phi) is 5.65. The Hall–Kier alpha value is -1.29. The minimum Gasteiger partial charge on any atom is -0.388 e. The van der Waals surface area contributed by atoms with Gasteiger partial charge in [0.05, 0.1) is 11.9 Å². The van der Waals surface area contributed by atoms with E-state index in [0.29, 0.717) is 16.3 Å². The van der Waals surface area contributed by atoms with Crippen LogP contribution >= 0.6 is 23.4 Å². The molecule has 1 atom stereocenters. The topological polar surface area (TPSA) is 37.3 Å². The zero-order valence-corrected chi connectivity index (χ0v) is 12.4. The first kappa shape index (κ1) is 15.1. The molecule has 104 valence electrons. The number of ketones is 1. The van der Waals surface area contributed by atoms with Gasteiger partial charge in [0.2, 0.25) is 0 Å². The van der Waals surface area contributed by atoms with Gasteiger partial charge in [-0.05, 0) is 29.8 Å². The minimum atomic E-state index is -0.767. The van der Waals surface area contributed by atoms with E-state index in [9.17, 15) is 9.90 Å². The van der Waals surface area contributed by atoms with Gasteiger partial charge >= 0.3 is 0 Å². The zero-order valence-electron chi connectivity index (χ0n) is 10.8. The lowest BCUT2D eigenvalue weighted by molar-refractivity contribution is -0.118. The Bertz CT molecular complexity index is 554. The van der Waals surface area contributed by atoms with Crippen LogP contribution in [0.2, 0.25) is 5.02 Å². The first-order chi connectivity index (χ1) is 9.65. The van der Waals surface area contributed by atoms with E-state index in [1.165, 1.54) is 11.8 Å². The number of thioether (sulfide) groups is 1. The maximum atomic E-state index is 11.9. The van der Waals surface area contributed by atoms with Crippen LogP contribution < -0.4 is 0 Å². The van der Waals surface area contributed by atoms with Gasteiger partial charge in [0, 0.05) is 16.3 Å². The van der Waals surface area contributed by atoms with Crippen LogP contribution in [-0.2, 0) is 4.79 Å². The fourth-order valence-electron chi connectivity index (χ4n) is 1.76. The summed E-state index contributed by atoms with van der Waals surface area (Å²) in [5, 5.41) is 10.6. The molecule has 2 aromatic carbocycles. The molecule has 0 aliphatic rings. The molecule has 2 nitrogen and oxygen atoms in total. The summed E-state index contributed by atoms with van der Waals surface area (Å²) in [6, 6.07) is 16.7. The van der Waals surface area contributed by atoms with Crippen molar-refractivity contribution in [1.29, 1.82) is 0 Å². The number of benzene rings is 2. The standard InChI is InChI=1S/C16H15ClO2S/c17-13-8-6-12(7-9-13)16(19)10-14(18)11-20-15-4-2-1-3-5-15/h1-9,16,19H,10-11H2/t16-/m1/s1. The van der Waals surface area contributed by atoms with E-state index in [-0.39, 0.29) is 12.2 Å². The molecular formula is C16H15ClO2S. The van der Waals surface area contributed by atoms with E-state index in [2.05, 4.69) is 0 Å². The predicted molar refractivity (Wildman–Crippen MR) is 83.2 cm³/mol. The van der Waals surface area contributed by atoms with Crippen LogP contribution in [0, 0.1) is 0 Å². The third-order valence-electron chi connectivity index (χ3n) is 2.82. The van der Waals surface area contributed by atoms with Gasteiger partial charge in [-0.3, -0.25) is 4.79 Å². The second-order valence-corrected chi connectivity index (χ2v) is 5.90. The Balaban J connectivity index is 1.83. The van der Waals surface area contributed by atoms with Gasteiger partial charge in [0.1, 0.15) is 5.78 Å². The van der Waals surface area contributed by atoms with Crippen molar-refractivity contribution in [3.8, 4) is 0 Å². The number of rotatable bonds is 6. The van der Waals surface area contributed by atoms with Gasteiger partial charge in [0.25, 0.3) is 0 Å². The molecule has 0 aliphatic heterocycles. The number of halogens is 1. The molecule has 0 spiro atoms. The number of hydrogen-bond acceptors (Lipinski definition) is 3. The zero-order chi connectivity index (χ0) is 14.4. The van der Waals surface area contributed by atoms with E-state index >= 15 is 0 Å². The monoisotopic (exact) mass is 306 g/mol. The normalized spacial score (nSPS) is 12.1. The van der Waals surface area contributed by atoms with E-state index in [1.54, 1.807) is 24.3 Å². The molecular weight excluding hydrogens is 292 g/mol. The fraction of sp³-hybridized carbons (Fsp3) is 0.188. The number of Topliss-reactive ketones (excluding diaryl/α,β-unsaturated/α-hetero) is 1. The summed E-state index contributed by atoms with van der Waals surface area (Å²) in [5.41, 5.74) is 0.715. The summed E-state index contributed by atoms with van der Waals surface area (Å²) in [4.78, 5) is 12.9. The van der Waals surface area contributed by atoms with Gasteiger partial charge < -0.3 is 5.11 Å². The quantitative estimate of drug-likeness (QED) is 0.816. The summed E-state index contributed by atoms with van der Waals surface area (Å²) in [5.74, 6) is 0.399. The molecule has 0 bridgehead atoms. The molecule has 4 heteroatoms. The number of aliphatic hydroxyl groups excluding tert-OH is 1. The van der Waals surface area contributed by atoms with Gasteiger partial charge in [-0.2, -0.15) is 0 Å². The Morgan fingerprint density at radius 1 is 1.10 bits per heavy atom. The Morgan fingerprint density at radius 3 is 2.40 bits per heavy atom. The third kappa shape index (κ3) is 4.67. The van der Waals surface area contributed by atoms with Crippen LogP contribution in [0.1, 0.15) is 18.1 Å². The molecule has 0 saturated heterocycles. The van der Waals surface area contributed by atoms with Crippen molar-refractivity contribution in [3.63, 3.8) is 0 Å². The molecule has 2 aromatic rings. The maximum absolute atomic E-state index is 11.9. The van der Waals surface area contributed by atoms with Gasteiger partial charge in [-0.25, -0.2) is 0 Å². The smallest absolute Gasteiger partial charge is 0.146 e. The molecule has 0 radical (unpaired) electrons. The lowest BCUT2D eigenvalue weighted by Crippen LogP contribution is -2.08. The van der Waals surface area contributed by atoms with Crippen LogP contribution in [0.3, 0.4) is 0 Å². The molecule has 20 heavy (non-hydrogen) atoms. The predicted octanol–water partition coefficient (Wildman–Crippen LogP) is 4.12. The average Bonchev–Trinajstić information content (AvgIpc) is 2.47. The largest absolute Gasteiger partial charge is 0.388 e. The molecule has 0 fully saturated rings. The molecule has 0 aliphatic carbocycles. The average molecular weight is 307 g/mol. The highest BCUT2D eigenvalue weighted by Gasteiger charge is 2.13. The fourth-order valence-corrected chi connectivity index (χ4v) is 2.68. The van der Waals surface area contributed by atoms with Crippen molar-refractivity contribution in [2.75, 3.05) is 5.75 Å². The van der Waals surface area contributed by atoms with E-state index < -0.39 is 6.10 Å². The molecule has 0 unspecified atom stereocenters. The van der Waals surface area contributed by atoms with Gasteiger partial charge in [0.15, 0.2) is 0 Å². The molecule has 0 aromatic heterocycles. The summed E-state index contributed by atoms with van der Waals surface area (Å²) in [7, 11) is 0. The molecule has 2 rings (SSSR count). The number of aliphatic hydroxyl groups is 1. The third-order valence-corrected chi connectivity index (χ3v) is 4.14. The van der Waals surface area contributed by atoms with Crippen molar-refractivity contribution >= 4 is 29.1 Å². The lowest BCUT2D eigenvalue weighted by Gasteiger charge is -2.10. The minimum absolute atomic E-state index is 0.0290. The van der Waals surface area contributed by atoms with Gasteiger partial charge in [-0.1, -0.05) is 41.9 Å². The van der Waals surface area contributed by atoms with Crippen LogP contribution in [-0.4, -0.2) is 16.6 Å². The second-order valence-electron chi connectivity index (χ2n) is 4.41. The van der Waals surface area contributed by atoms with Crippen LogP contribution in [0.15, 0.2) is 59.5 Å². The second kappa shape index (κ2) is 7.48. The summed E-state index contributed by atoms with van der Waals surface area (Å²) < 4.78 is 0. The highest BCUT2D eigenvalue weighted by atomic mass is 35.5. The summed E-state index contributed by atoms with van der Waals surface area (Å²) in [6.45, 7) is 0. The Labute approximate surface area is 127 Å². The number of carbonyl (C=O) groups excluding carboxylic acids is 1. The number of hydrogen-bond donors (Lipinski definition) is 1. The maximum Gasteiger partial charge on any atom is 0.146 e. The van der Waals surface area contributed by atoms with Crippen molar-refractivity contribution < 1.29 is 9.90 Å². The van der Waals surface area contributed by atoms with Crippen molar-refractivity contribution in [2.45, 2.75) is 17.4 Å². The Morgan fingerprint density at radius 2 is 1.75 bits per heavy atom.